The van der Waals surface area contributed by atoms with E-state index in [0.29, 0.717) is 18.1 Å². The zero-order valence-electron chi connectivity index (χ0n) is 11.3. The quantitative estimate of drug-likeness (QED) is 0.740. The number of ether oxygens (including phenoxy) is 1. The van der Waals surface area contributed by atoms with Gasteiger partial charge in [-0.3, -0.25) is 4.79 Å². The van der Waals surface area contributed by atoms with Crippen LogP contribution in [0.2, 0.25) is 0 Å². The van der Waals surface area contributed by atoms with Crippen molar-refractivity contribution in [3.63, 3.8) is 0 Å². The van der Waals surface area contributed by atoms with Crippen LogP contribution in [0.3, 0.4) is 0 Å². The van der Waals surface area contributed by atoms with E-state index >= 15 is 0 Å². The van der Waals surface area contributed by atoms with Gasteiger partial charge in [-0.1, -0.05) is 0 Å². The molecule has 19 heavy (non-hydrogen) atoms. The summed E-state index contributed by atoms with van der Waals surface area (Å²) in [5.41, 5.74) is 0.595. The van der Waals surface area contributed by atoms with Gasteiger partial charge in [0.05, 0.1) is 6.10 Å². The number of hydrogen-bond acceptors (Lipinski definition) is 3. The minimum absolute atomic E-state index is 0.0856. The molecular weight excluding hydrogens is 245 g/mol. The lowest BCUT2D eigenvalue weighted by Gasteiger charge is -2.14. The van der Waals surface area contributed by atoms with E-state index in [9.17, 15) is 9.18 Å². The largest absolute Gasteiger partial charge is 0.380 e. The minimum Gasteiger partial charge on any atom is -0.380 e. The summed E-state index contributed by atoms with van der Waals surface area (Å²) in [6.45, 7) is 2.93. The predicted octanol–water partition coefficient (Wildman–Crippen LogP) is 2.51. The van der Waals surface area contributed by atoms with Gasteiger partial charge >= 0.3 is 0 Å². The molecule has 0 radical (unpaired) electrons. The van der Waals surface area contributed by atoms with Crippen LogP contribution < -0.4 is 0 Å². The lowest BCUT2D eigenvalue weighted by Crippen LogP contribution is -2.24. The normalized spacial score (nSPS) is 19.8. The van der Waals surface area contributed by atoms with Crippen LogP contribution in [-0.4, -0.2) is 43.5 Å². The van der Waals surface area contributed by atoms with Crippen molar-refractivity contribution in [3.8, 4) is 0 Å². The molecule has 1 heterocycles. The molecule has 1 aliphatic heterocycles. The summed E-state index contributed by atoms with van der Waals surface area (Å²) in [5.74, 6) is -0.221. The number of Topliss-reactive ketones (excluding diaryl/α,β-unsaturated/α-hetero) is 1. The highest BCUT2D eigenvalue weighted by atomic mass is 19.1. The maximum atomic E-state index is 12.7. The average molecular weight is 265 g/mol. The maximum Gasteiger partial charge on any atom is 0.162 e. The number of carbonyl (C=O) groups excluding carboxylic acids is 1. The number of benzene rings is 1. The van der Waals surface area contributed by atoms with Gasteiger partial charge in [-0.15, -0.1) is 0 Å². The Labute approximate surface area is 113 Å². The fourth-order valence-electron chi connectivity index (χ4n) is 2.44. The summed E-state index contributed by atoms with van der Waals surface area (Å²) in [6.07, 6.45) is 2.77. The van der Waals surface area contributed by atoms with Crippen LogP contribution in [0.4, 0.5) is 4.39 Å². The number of halogens is 1. The molecule has 0 amide bonds. The molecule has 2 rings (SSSR count). The van der Waals surface area contributed by atoms with Gasteiger partial charge in [0.15, 0.2) is 5.78 Å². The van der Waals surface area contributed by atoms with Crippen LogP contribution in [0.25, 0.3) is 0 Å². The van der Waals surface area contributed by atoms with Crippen molar-refractivity contribution in [2.24, 2.45) is 0 Å². The first-order valence-electron chi connectivity index (χ1n) is 6.73. The van der Waals surface area contributed by atoms with Crippen molar-refractivity contribution in [1.29, 1.82) is 0 Å². The molecule has 1 fully saturated rings. The first-order valence-corrected chi connectivity index (χ1v) is 6.73. The summed E-state index contributed by atoms with van der Waals surface area (Å²) in [6, 6.07) is 5.76. The van der Waals surface area contributed by atoms with Crippen LogP contribution in [-0.2, 0) is 4.74 Å². The summed E-state index contributed by atoms with van der Waals surface area (Å²) >= 11 is 0. The van der Waals surface area contributed by atoms with Crippen LogP contribution in [0.5, 0.6) is 0 Å². The second kappa shape index (κ2) is 6.78. The fourth-order valence-corrected chi connectivity index (χ4v) is 2.44. The molecule has 0 saturated carbocycles. The Bertz CT molecular complexity index is 419. The topological polar surface area (TPSA) is 29.5 Å². The van der Waals surface area contributed by atoms with Gasteiger partial charge in [0.25, 0.3) is 0 Å². The van der Waals surface area contributed by atoms with Crippen molar-refractivity contribution in [3.05, 3.63) is 35.6 Å². The van der Waals surface area contributed by atoms with Gasteiger partial charge in [-0.25, -0.2) is 4.39 Å². The third-order valence-corrected chi connectivity index (χ3v) is 3.61. The Morgan fingerprint density at radius 2 is 2.16 bits per heavy atom. The molecule has 1 aromatic carbocycles. The Morgan fingerprint density at radius 1 is 1.42 bits per heavy atom. The number of nitrogens with zero attached hydrogens (tertiary/aromatic N) is 1. The molecule has 1 aliphatic rings. The van der Waals surface area contributed by atoms with E-state index < -0.39 is 0 Å². The Hall–Kier alpha value is -1.26. The predicted molar refractivity (Wildman–Crippen MR) is 71.8 cm³/mol. The SMILES string of the molecule is COC1CCN(CCCC(=O)c2ccc(F)cc2)C1. The number of ketones is 1. The third-order valence-electron chi connectivity index (χ3n) is 3.61. The van der Waals surface area contributed by atoms with Crippen LogP contribution in [0, 0.1) is 5.82 Å². The first kappa shape index (κ1) is 14.2. The molecule has 1 saturated heterocycles. The molecule has 1 atom stereocenters. The highest BCUT2D eigenvalue weighted by molar-refractivity contribution is 5.95. The molecule has 1 unspecified atom stereocenters. The van der Waals surface area contributed by atoms with E-state index in [2.05, 4.69) is 4.90 Å². The van der Waals surface area contributed by atoms with E-state index in [1.54, 1.807) is 19.2 Å². The Kier molecular flexibility index (Phi) is 5.05. The third kappa shape index (κ3) is 4.11. The summed E-state index contributed by atoms with van der Waals surface area (Å²) in [5, 5.41) is 0. The van der Waals surface area contributed by atoms with E-state index in [4.69, 9.17) is 4.74 Å². The molecule has 0 aromatic heterocycles. The molecule has 0 aliphatic carbocycles. The van der Waals surface area contributed by atoms with Crippen molar-refractivity contribution in [1.82, 2.24) is 4.90 Å². The van der Waals surface area contributed by atoms with Gasteiger partial charge in [-0.2, -0.15) is 0 Å². The molecule has 1 aromatic rings. The number of hydrogen-bond donors (Lipinski definition) is 0. The highest BCUT2D eigenvalue weighted by Crippen LogP contribution is 2.13. The molecule has 4 heteroatoms. The fraction of sp³-hybridized carbons (Fsp3) is 0.533. The first-order chi connectivity index (χ1) is 9.19. The van der Waals surface area contributed by atoms with E-state index in [0.717, 1.165) is 32.5 Å². The van der Waals surface area contributed by atoms with Crippen LogP contribution in [0.15, 0.2) is 24.3 Å². The maximum absolute atomic E-state index is 12.7. The zero-order valence-corrected chi connectivity index (χ0v) is 11.3. The number of likely N-dealkylation sites (tertiary alicyclic amines) is 1. The molecular formula is C15H20FNO2. The minimum atomic E-state index is -0.306. The summed E-state index contributed by atoms with van der Waals surface area (Å²) < 4.78 is 18.1. The van der Waals surface area contributed by atoms with Crippen molar-refractivity contribution in [2.45, 2.75) is 25.4 Å². The van der Waals surface area contributed by atoms with Crippen molar-refractivity contribution < 1.29 is 13.9 Å². The molecule has 0 bridgehead atoms. The van der Waals surface area contributed by atoms with Gasteiger partial charge in [0, 0.05) is 32.2 Å². The average Bonchev–Trinajstić information content (AvgIpc) is 2.87. The molecule has 104 valence electrons. The summed E-state index contributed by atoms with van der Waals surface area (Å²) in [7, 11) is 1.74. The number of methoxy groups -OCH3 is 1. The van der Waals surface area contributed by atoms with Gasteiger partial charge < -0.3 is 9.64 Å². The van der Waals surface area contributed by atoms with Gasteiger partial charge in [-0.05, 0) is 43.7 Å². The van der Waals surface area contributed by atoms with Crippen LogP contribution in [0.1, 0.15) is 29.6 Å². The lowest BCUT2D eigenvalue weighted by molar-refractivity contribution is 0.0969. The summed E-state index contributed by atoms with van der Waals surface area (Å²) in [4.78, 5) is 14.2. The number of rotatable bonds is 6. The molecule has 0 N–H and O–H groups in total. The monoisotopic (exact) mass is 265 g/mol. The van der Waals surface area contributed by atoms with Crippen molar-refractivity contribution in [2.75, 3.05) is 26.7 Å². The zero-order chi connectivity index (χ0) is 13.7. The lowest BCUT2D eigenvalue weighted by atomic mass is 10.1. The Morgan fingerprint density at radius 3 is 2.79 bits per heavy atom. The standard InChI is InChI=1S/C15H20FNO2/c1-19-14-8-10-17(11-14)9-2-3-15(18)12-4-6-13(16)7-5-12/h4-7,14H,2-3,8-11H2,1H3. The smallest absolute Gasteiger partial charge is 0.162 e. The highest BCUT2D eigenvalue weighted by Gasteiger charge is 2.21. The second-order valence-corrected chi connectivity index (χ2v) is 4.98. The van der Waals surface area contributed by atoms with E-state index in [1.165, 1.54) is 12.1 Å². The molecule has 3 nitrogen and oxygen atoms in total. The number of carbonyl (C=O) groups is 1. The van der Waals surface area contributed by atoms with Gasteiger partial charge in [0.2, 0.25) is 0 Å². The molecule has 0 spiro atoms. The van der Waals surface area contributed by atoms with Crippen LogP contribution >= 0.6 is 0 Å². The Balaban J connectivity index is 1.71. The van der Waals surface area contributed by atoms with E-state index in [1.807, 2.05) is 0 Å². The van der Waals surface area contributed by atoms with E-state index in [-0.39, 0.29) is 11.6 Å². The van der Waals surface area contributed by atoms with Crippen molar-refractivity contribution >= 4 is 5.78 Å². The van der Waals surface area contributed by atoms with Gasteiger partial charge in [0.1, 0.15) is 5.82 Å². The second-order valence-electron chi connectivity index (χ2n) is 4.98.